The van der Waals surface area contributed by atoms with Crippen LogP contribution in [0.3, 0.4) is 0 Å². The maximum absolute atomic E-state index is 4.45. The number of rotatable bonds is 9. The summed E-state index contributed by atoms with van der Waals surface area (Å²) in [5.41, 5.74) is 1.39. The number of hydrogen-bond donors (Lipinski definition) is 1. The maximum atomic E-state index is 4.45. The van der Waals surface area contributed by atoms with Crippen LogP contribution in [0.15, 0.2) is 36.7 Å². The molecular weight excluding hydrogens is 260 g/mol. The molecule has 0 saturated carbocycles. The quantitative estimate of drug-likeness (QED) is 0.770. The highest BCUT2D eigenvalue weighted by Gasteiger charge is 2.14. The van der Waals surface area contributed by atoms with Gasteiger partial charge < -0.3 is 5.32 Å². The van der Waals surface area contributed by atoms with E-state index in [0.29, 0.717) is 5.92 Å². The van der Waals surface area contributed by atoms with Crippen LogP contribution in [0.1, 0.15) is 31.7 Å². The molecule has 0 bridgehead atoms. The summed E-state index contributed by atoms with van der Waals surface area (Å²) in [4.78, 5) is 4.45. The van der Waals surface area contributed by atoms with Gasteiger partial charge in [-0.2, -0.15) is 5.10 Å². The van der Waals surface area contributed by atoms with Crippen LogP contribution in [0.25, 0.3) is 0 Å². The third-order valence-electron chi connectivity index (χ3n) is 3.65. The van der Waals surface area contributed by atoms with Crippen molar-refractivity contribution in [3.63, 3.8) is 0 Å². The molecule has 2 aromatic rings. The van der Waals surface area contributed by atoms with Crippen LogP contribution in [0.4, 0.5) is 0 Å². The molecule has 0 aliphatic heterocycles. The van der Waals surface area contributed by atoms with E-state index in [1.54, 1.807) is 6.33 Å². The zero-order valence-electron chi connectivity index (χ0n) is 13.1. The van der Waals surface area contributed by atoms with Crippen LogP contribution < -0.4 is 5.32 Å². The van der Waals surface area contributed by atoms with Crippen molar-refractivity contribution in [1.82, 2.24) is 20.1 Å². The van der Waals surface area contributed by atoms with Gasteiger partial charge in [-0.25, -0.2) is 4.98 Å². The van der Waals surface area contributed by atoms with Crippen LogP contribution in [-0.4, -0.2) is 27.9 Å². The maximum Gasteiger partial charge on any atom is 0.138 e. The Morgan fingerprint density at radius 3 is 2.67 bits per heavy atom. The highest BCUT2D eigenvalue weighted by molar-refractivity contribution is 5.15. The van der Waals surface area contributed by atoms with Crippen molar-refractivity contribution in [2.45, 2.75) is 39.7 Å². The van der Waals surface area contributed by atoms with Gasteiger partial charge in [-0.1, -0.05) is 44.2 Å². The summed E-state index contributed by atoms with van der Waals surface area (Å²) in [6.45, 7) is 7.30. The highest BCUT2D eigenvalue weighted by atomic mass is 15.3. The summed E-state index contributed by atoms with van der Waals surface area (Å²) in [5, 5.41) is 7.81. The van der Waals surface area contributed by atoms with Crippen molar-refractivity contribution in [2.75, 3.05) is 13.1 Å². The van der Waals surface area contributed by atoms with Crippen LogP contribution in [0.5, 0.6) is 0 Å². The molecule has 1 unspecified atom stereocenters. The summed E-state index contributed by atoms with van der Waals surface area (Å²) < 4.78 is 2.05. The Kier molecular flexibility index (Phi) is 6.41. The van der Waals surface area contributed by atoms with Crippen molar-refractivity contribution in [2.24, 2.45) is 5.92 Å². The Hall–Kier alpha value is -1.68. The largest absolute Gasteiger partial charge is 0.317 e. The average Bonchev–Trinajstić information content (AvgIpc) is 2.93. The molecule has 4 nitrogen and oxygen atoms in total. The summed E-state index contributed by atoms with van der Waals surface area (Å²) >= 11 is 0. The van der Waals surface area contributed by atoms with Crippen LogP contribution in [0, 0.1) is 5.92 Å². The molecule has 0 amide bonds. The Balaban J connectivity index is 2.03. The Morgan fingerprint density at radius 1 is 1.14 bits per heavy atom. The molecule has 4 heteroatoms. The fourth-order valence-corrected chi connectivity index (χ4v) is 2.62. The van der Waals surface area contributed by atoms with E-state index < -0.39 is 0 Å². The zero-order valence-corrected chi connectivity index (χ0v) is 13.1. The molecule has 1 atom stereocenters. The lowest BCUT2D eigenvalue weighted by Gasteiger charge is -2.17. The monoisotopic (exact) mass is 286 g/mol. The van der Waals surface area contributed by atoms with Gasteiger partial charge in [0.2, 0.25) is 0 Å². The molecule has 0 aliphatic carbocycles. The van der Waals surface area contributed by atoms with Gasteiger partial charge in [0.15, 0.2) is 0 Å². The van der Waals surface area contributed by atoms with Crippen LogP contribution in [0.2, 0.25) is 0 Å². The topological polar surface area (TPSA) is 42.7 Å². The summed E-state index contributed by atoms with van der Waals surface area (Å²) in [7, 11) is 0. The lowest BCUT2D eigenvalue weighted by atomic mass is 9.95. The van der Waals surface area contributed by atoms with Gasteiger partial charge in [0.25, 0.3) is 0 Å². The lowest BCUT2D eigenvalue weighted by Crippen LogP contribution is -2.26. The smallest absolute Gasteiger partial charge is 0.138 e. The van der Waals surface area contributed by atoms with Gasteiger partial charge in [0, 0.05) is 13.0 Å². The molecule has 0 aliphatic rings. The second-order valence-electron chi connectivity index (χ2n) is 5.47. The molecule has 1 aromatic heterocycles. The molecule has 21 heavy (non-hydrogen) atoms. The first-order chi connectivity index (χ1) is 10.3. The minimum Gasteiger partial charge on any atom is -0.317 e. The van der Waals surface area contributed by atoms with Crippen molar-refractivity contribution in [1.29, 1.82) is 0 Å². The van der Waals surface area contributed by atoms with E-state index in [2.05, 4.69) is 59.6 Å². The summed E-state index contributed by atoms with van der Waals surface area (Å²) in [6.07, 6.45) is 4.82. The predicted molar refractivity (Wildman–Crippen MR) is 86.2 cm³/mol. The van der Waals surface area contributed by atoms with Gasteiger partial charge in [-0.15, -0.1) is 0 Å². The Bertz CT molecular complexity index is 507. The molecule has 0 fully saturated rings. The van der Waals surface area contributed by atoms with Crippen molar-refractivity contribution in [3.8, 4) is 0 Å². The fourth-order valence-electron chi connectivity index (χ4n) is 2.62. The van der Waals surface area contributed by atoms with Gasteiger partial charge in [0.1, 0.15) is 12.2 Å². The Labute approximate surface area is 127 Å². The van der Waals surface area contributed by atoms with E-state index in [4.69, 9.17) is 0 Å². The molecule has 0 spiro atoms. The number of aromatic nitrogens is 3. The van der Waals surface area contributed by atoms with Gasteiger partial charge >= 0.3 is 0 Å². The standard InChI is InChI=1S/C17H26N4/c1-3-10-21-17(19-14-20-21)12-16(13-18-4-2)11-15-8-6-5-7-9-15/h5-9,14,16,18H,3-4,10-13H2,1-2H3. The van der Waals surface area contributed by atoms with E-state index in [1.165, 1.54) is 5.56 Å². The first-order valence-corrected chi connectivity index (χ1v) is 7.94. The SMILES string of the molecule is CCCn1ncnc1CC(CNCC)Cc1ccccc1. The minimum absolute atomic E-state index is 0.548. The first kappa shape index (κ1) is 15.7. The van der Waals surface area contributed by atoms with Crippen LogP contribution >= 0.6 is 0 Å². The van der Waals surface area contributed by atoms with Crippen molar-refractivity contribution in [3.05, 3.63) is 48.0 Å². The molecule has 2 rings (SSSR count). The number of benzene rings is 1. The van der Waals surface area contributed by atoms with Gasteiger partial charge in [-0.3, -0.25) is 4.68 Å². The second kappa shape index (κ2) is 8.57. The normalized spacial score (nSPS) is 12.5. The third kappa shape index (κ3) is 4.97. The minimum atomic E-state index is 0.548. The lowest BCUT2D eigenvalue weighted by molar-refractivity contribution is 0.448. The molecule has 1 heterocycles. The molecular formula is C17H26N4. The van der Waals surface area contributed by atoms with E-state index in [-0.39, 0.29) is 0 Å². The van der Waals surface area contributed by atoms with Gasteiger partial charge in [-0.05, 0) is 37.4 Å². The second-order valence-corrected chi connectivity index (χ2v) is 5.47. The number of nitrogens with one attached hydrogen (secondary N) is 1. The number of nitrogens with zero attached hydrogens (tertiary/aromatic N) is 3. The van der Waals surface area contributed by atoms with Gasteiger partial charge in [0.05, 0.1) is 0 Å². The molecule has 1 N–H and O–H groups in total. The van der Waals surface area contributed by atoms with E-state index >= 15 is 0 Å². The molecule has 1 aromatic carbocycles. The highest BCUT2D eigenvalue weighted by Crippen LogP contribution is 2.13. The van der Waals surface area contributed by atoms with E-state index in [9.17, 15) is 0 Å². The van der Waals surface area contributed by atoms with Crippen molar-refractivity contribution < 1.29 is 0 Å². The molecule has 0 saturated heterocycles. The Morgan fingerprint density at radius 2 is 1.95 bits per heavy atom. The number of hydrogen-bond acceptors (Lipinski definition) is 3. The van der Waals surface area contributed by atoms with Crippen molar-refractivity contribution >= 4 is 0 Å². The van der Waals surface area contributed by atoms with E-state index in [0.717, 1.165) is 44.7 Å². The first-order valence-electron chi connectivity index (χ1n) is 7.94. The zero-order chi connectivity index (χ0) is 14.9. The molecule has 0 radical (unpaired) electrons. The fraction of sp³-hybridized carbons (Fsp3) is 0.529. The predicted octanol–water partition coefficient (Wildman–Crippen LogP) is 2.70. The van der Waals surface area contributed by atoms with E-state index in [1.807, 2.05) is 4.68 Å². The van der Waals surface area contributed by atoms with Crippen LogP contribution in [-0.2, 0) is 19.4 Å². The summed E-state index contributed by atoms with van der Waals surface area (Å²) in [6, 6.07) is 10.7. The number of aryl methyl sites for hydroxylation is 1. The third-order valence-corrected chi connectivity index (χ3v) is 3.65. The molecule has 114 valence electrons. The average molecular weight is 286 g/mol. The summed E-state index contributed by atoms with van der Waals surface area (Å²) in [5.74, 6) is 1.66.